The summed E-state index contributed by atoms with van der Waals surface area (Å²) in [5.41, 5.74) is -0.258. The van der Waals surface area contributed by atoms with Gasteiger partial charge in [-0.05, 0) is 6.07 Å². The van der Waals surface area contributed by atoms with Crippen molar-refractivity contribution in [3.05, 3.63) is 39.5 Å². The van der Waals surface area contributed by atoms with E-state index in [0.717, 1.165) is 17.4 Å². The summed E-state index contributed by atoms with van der Waals surface area (Å²) in [6.45, 7) is 0. The number of carbonyl (C=O) groups is 1. The van der Waals surface area contributed by atoms with Gasteiger partial charge in [0.15, 0.2) is 5.00 Å². The van der Waals surface area contributed by atoms with Crippen LogP contribution in [0.4, 0.5) is 5.69 Å². The predicted molar refractivity (Wildman–Crippen MR) is 55.1 cm³/mol. The van der Waals surface area contributed by atoms with Gasteiger partial charge < -0.3 is 5.11 Å². The predicted octanol–water partition coefficient (Wildman–Crippen LogP) is 1.54. The van der Waals surface area contributed by atoms with Gasteiger partial charge in [-0.1, -0.05) is 0 Å². The van der Waals surface area contributed by atoms with Gasteiger partial charge >= 0.3 is 11.7 Å². The zero-order chi connectivity index (χ0) is 11.7. The second-order valence-electron chi connectivity index (χ2n) is 2.81. The van der Waals surface area contributed by atoms with Crippen LogP contribution in [0.25, 0.3) is 5.00 Å². The van der Waals surface area contributed by atoms with Crippen molar-refractivity contribution in [1.29, 1.82) is 0 Å². The van der Waals surface area contributed by atoms with Gasteiger partial charge in [0.2, 0.25) is 0 Å². The van der Waals surface area contributed by atoms with Crippen LogP contribution in [-0.2, 0) is 0 Å². The quantitative estimate of drug-likeness (QED) is 0.647. The van der Waals surface area contributed by atoms with E-state index >= 15 is 0 Å². The Kier molecular flexibility index (Phi) is 2.41. The molecule has 0 saturated heterocycles. The number of nitrogens with zero attached hydrogens (tertiary/aromatic N) is 3. The van der Waals surface area contributed by atoms with Crippen LogP contribution >= 0.6 is 11.3 Å². The van der Waals surface area contributed by atoms with Gasteiger partial charge in [-0.2, -0.15) is 5.10 Å². The smallest absolute Gasteiger partial charge is 0.346 e. The molecule has 0 radical (unpaired) electrons. The van der Waals surface area contributed by atoms with Crippen LogP contribution in [0, 0.1) is 10.1 Å². The Labute approximate surface area is 92.7 Å². The Balaban J connectivity index is 2.59. The number of rotatable bonds is 3. The summed E-state index contributed by atoms with van der Waals surface area (Å²) in [6, 6.07) is 2.63. The van der Waals surface area contributed by atoms with Crippen molar-refractivity contribution in [2.75, 3.05) is 0 Å². The van der Waals surface area contributed by atoms with E-state index < -0.39 is 10.9 Å². The number of hydrogen-bond donors (Lipinski definition) is 1. The standard InChI is InChI=1S/C8H5N3O4S/c12-8(13)6-4-5(11(14)15)7(16-6)10-3-1-2-9-10/h1-4H,(H,12,13). The Morgan fingerprint density at radius 3 is 2.88 bits per heavy atom. The highest BCUT2D eigenvalue weighted by Gasteiger charge is 2.23. The third-order valence-corrected chi connectivity index (χ3v) is 2.92. The highest BCUT2D eigenvalue weighted by molar-refractivity contribution is 7.16. The molecule has 2 rings (SSSR count). The van der Waals surface area contributed by atoms with Crippen molar-refractivity contribution in [1.82, 2.24) is 9.78 Å². The van der Waals surface area contributed by atoms with E-state index in [1.165, 1.54) is 17.1 Å². The molecule has 7 nitrogen and oxygen atoms in total. The van der Waals surface area contributed by atoms with E-state index in [0.29, 0.717) is 0 Å². The van der Waals surface area contributed by atoms with Crippen LogP contribution < -0.4 is 0 Å². The maximum atomic E-state index is 10.7. The number of aromatic carboxylic acids is 1. The van der Waals surface area contributed by atoms with Crippen LogP contribution in [0.5, 0.6) is 0 Å². The summed E-state index contributed by atoms with van der Waals surface area (Å²) in [5, 5.41) is 23.5. The van der Waals surface area contributed by atoms with Crippen LogP contribution in [0.2, 0.25) is 0 Å². The molecule has 0 atom stereocenters. The Morgan fingerprint density at radius 2 is 2.38 bits per heavy atom. The topological polar surface area (TPSA) is 98.3 Å². The van der Waals surface area contributed by atoms with E-state index in [9.17, 15) is 14.9 Å². The molecule has 8 heteroatoms. The molecule has 0 unspecified atom stereocenters. The lowest BCUT2D eigenvalue weighted by atomic mass is 10.4. The number of thiophene rings is 1. The van der Waals surface area contributed by atoms with Gasteiger partial charge in [-0.15, -0.1) is 11.3 Å². The highest BCUT2D eigenvalue weighted by Crippen LogP contribution is 2.32. The molecule has 2 aromatic rings. The van der Waals surface area contributed by atoms with Crippen molar-refractivity contribution in [2.24, 2.45) is 0 Å². The molecular weight excluding hydrogens is 234 g/mol. The number of aromatic nitrogens is 2. The summed E-state index contributed by atoms with van der Waals surface area (Å²) < 4.78 is 1.27. The zero-order valence-corrected chi connectivity index (χ0v) is 8.55. The minimum absolute atomic E-state index is 0.0859. The Hall–Kier alpha value is -2.22. The maximum absolute atomic E-state index is 10.7. The van der Waals surface area contributed by atoms with Gasteiger partial charge in [0.1, 0.15) is 4.88 Å². The monoisotopic (exact) mass is 239 g/mol. The molecule has 0 aromatic carbocycles. The first-order valence-corrected chi connectivity index (χ1v) is 4.93. The molecule has 0 aliphatic carbocycles. The van der Waals surface area contributed by atoms with Crippen molar-refractivity contribution >= 4 is 23.0 Å². The van der Waals surface area contributed by atoms with Crippen LogP contribution in [0.1, 0.15) is 9.67 Å². The molecule has 0 fully saturated rings. The summed E-state index contributed by atoms with van der Waals surface area (Å²) >= 11 is 0.813. The maximum Gasteiger partial charge on any atom is 0.346 e. The summed E-state index contributed by atoms with van der Waals surface area (Å²) in [5.74, 6) is -1.19. The third kappa shape index (κ3) is 1.65. The third-order valence-electron chi connectivity index (χ3n) is 1.81. The molecule has 0 aliphatic rings. The van der Waals surface area contributed by atoms with Crippen molar-refractivity contribution in [2.45, 2.75) is 0 Å². The molecule has 82 valence electrons. The fraction of sp³-hybridized carbons (Fsp3) is 0. The van der Waals surface area contributed by atoms with Crippen LogP contribution in [0.15, 0.2) is 24.5 Å². The molecule has 2 aromatic heterocycles. The average molecular weight is 239 g/mol. The minimum atomic E-state index is -1.19. The number of carboxylic acid groups (broad SMARTS) is 1. The average Bonchev–Trinajstić information content (AvgIpc) is 2.86. The Morgan fingerprint density at radius 1 is 1.62 bits per heavy atom. The van der Waals surface area contributed by atoms with Gasteiger partial charge in [0, 0.05) is 18.5 Å². The lowest BCUT2D eigenvalue weighted by molar-refractivity contribution is -0.384. The van der Waals surface area contributed by atoms with Crippen LogP contribution in [-0.4, -0.2) is 25.8 Å². The number of hydrogen-bond acceptors (Lipinski definition) is 5. The highest BCUT2D eigenvalue weighted by atomic mass is 32.1. The molecular formula is C8H5N3O4S. The van der Waals surface area contributed by atoms with Gasteiger partial charge in [0.05, 0.1) is 4.92 Å². The van der Waals surface area contributed by atoms with E-state index in [1.54, 1.807) is 6.07 Å². The first kappa shape index (κ1) is 10.3. The summed E-state index contributed by atoms with van der Waals surface area (Å²) in [4.78, 5) is 20.7. The first-order chi connectivity index (χ1) is 7.59. The number of nitro groups is 1. The van der Waals surface area contributed by atoms with Gasteiger partial charge in [-0.25, -0.2) is 9.48 Å². The second-order valence-corrected chi connectivity index (χ2v) is 3.84. The normalized spacial score (nSPS) is 10.2. The molecule has 0 spiro atoms. The number of carboxylic acids is 1. The minimum Gasteiger partial charge on any atom is -0.477 e. The molecule has 16 heavy (non-hydrogen) atoms. The SMILES string of the molecule is O=C(O)c1cc([N+](=O)[O-])c(-n2cccn2)s1. The van der Waals surface area contributed by atoms with Crippen molar-refractivity contribution in [3.8, 4) is 5.00 Å². The summed E-state index contributed by atoms with van der Waals surface area (Å²) in [7, 11) is 0. The largest absolute Gasteiger partial charge is 0.477 e. The van der Waals surface area contributed by atoms with E-state index in [4.69, 9.17) is 5.11 Å². The summed E-state index contributed by atoms with van der Waals surface area (Å²) in [6.07, 6.45) is 2.98. The Bertz CT molecular complexity index is 546. The molecule has 0 amide bonds. The molecule has 0 bridgehead atoms. The molecule has 2 heterocycles. The zero-order valence-electron chi connectivity index (χ0n) is 7.73. The fourth-order valence-corrected chi connectivity index (χ4v) is 2.07. The second kappa shape index (κ2) is 3.74. The lowest BCUT2D eigenvalue weighted by Crippen LogP contribution is -1.95. The fourth-order valence-electron chi connectivity index (χ4n) is 1.16. The van der Waals surface area contributed by atoms with E-state index in [2.05, 4.69) is 5.10 Å². The van der Waals surface area contributed by atoms with Crippen LogP contribution in [0.3, 0.4) is 0 Å². The molecule has 0 saturated carbocycles. The first-order valence-electron chi connectivity index (χ1n) is 4.11. The van der Waals surface area contributed by atoms with E-state index in [1.807, 2.05) is 0 Å². The van der Waals surface area contributed by atoms with Crippen molar-refractivity contribution in [3.63, 3.8) is 0 Å². The van der Waals surface area contributed by atoms with Gasteiger partial charge in [-0.3, -0.25) is 10.1 Å². The molecule has 0 aliphatic heterocycles. The van der Waals surface area contributed by atoms with Gasteiger partial charge in [0.25, 0.3) is 0 Å². The van der Waals surface area contributed by atoms with Crippen molar-refractivity contribution < 1.29 is 14.8 Å². The lowest BCUT2D eigenvalue weighted by Gasteiger charge is -1.94. The van der Waals surface area contributed by atoms with E-state index in [-0.39, 0.29) is 15.6 Å². The molecule has 1 N–H and O–H groups in total.